The van der Waals surface area contributed by atoms with Gasteiger partial charge in [0.25, 0.3) is 0 Å². The first-order valence-electron chi connectivity index (χ1n) is 11.2. The maximum absolute atomic E-state index is 11.6. The minimum absolute atomic E-state index is 0.0532. The molecule has 2 rings (SSSR count). The van der Waals surface area contributed by atoms with E-state index in [0.29, 0.717) is 37.3 Å². The van der Waals surface area contributed by atoms with Gasteiger partial charge in [-0.05, 0) is 56.4 Å². The van der Waals surface area contributed by atoms with Gasteiger partial charge in [0.1, 0.15) is 11.5 Å². The molecule has 1 heterocycles. The number of benzene rings is 1. The van der Waals surface area contributed by atoms with Crippen molar-refractivity contribution < 1.29 is 14.6 Å². The molecule has 8 nitrogen and oxygen atoms in total. The number of unbranched alkanes of at least 4 members (excludes halogenated alkanes) is 5. The van der Waals surface area contributed by atoms with Crippen LogP contribution in [0.5, 0.6) is 11.5 Å². The maximum Gasteiger partial charge on any atom is 0.174 e. The average Bonchev–Trinajstić information content (AvgIpc) is 3.20. The van der Waals surface area contributed by atoms with Gasteiger partial charge in [0, 0.05) is 18.4 Å². The van der Waals surface area contributed by atoms with Gasteiger partial charge in [0.15, 0.2) is 11.6 Å². The molecule has 2 aromatic rings. The van der Waals surface area contributed by atoms with Crippen LogP contribution < -0.4 is 4.74 Å². The minimum Gasteiger partial charge on any atom is -0.507 e. The first-order valence-corrected chi connectivity index (χ1v) is 11.2. The highest BCUT2D eigenvalue weighted by molar-refractivity contribution is 5.97. The molecule has 0 saturated heterocycles. The summed E-state index contributed by atoms with van der Waals surface area (Å²) in [6, 6.07) is 5.56. The SMILES string of the molecule is CCCc1c(OCCCCCCc2nnn(CCCCC#N)n2)ccc(C(C)=O)c1O. The highest BCUT2D eigenvalue weighted by atomic mass is 16.5. The van der Waals surface area contributed by atoms with Gasteiger partial charge >= 0.3 is 0 Å². The molecule has 1 aromatic carbocycles. The van der Waals surface area contributed by atoms with Crippen LogP contribution in [0.2, 0.25) is 0 Å². The van der Waals surface area contributed by atoms with Crippen molar-refractivity contribution in [2.75, 3.05) is 6.61 Å². The topological polar surface area (TPSA) is 114 Å². The summed E-state index contributed by atoms with van der Waals surface area (Å²) in [5.41, 5.74) is 1.07. The largest absolute Gasteiger partial charge is 0.507 e. The summed E-state index contributed by atoms with van der Waals surface area (Å²) in [5.74, 6) is 1.34. The lowest BCUT2D eigenvalue weighted by Crippen LogP contribution is -2.04. The van der Waals surface area contributed by atoms with Crippen LogP contribution >= 0.6 is 0 Å². The van der Waals surface area contributed by atoms with Crippen LogP contribution in [0.3, 0.4) is 0 Å². The number of rotatable bonds is 15. The fraction of sp³-hybridized carbons (Fsp3) is 0.609. The summed E-state index contributed by atoms with van der Waals surface area (Å²) in [7, 11) is 0. The fourth-order valence-electron chi connectivity index (χ4n) is 3.38. The molecule has 1 N–H and O–H groups in total. The van der Waals surface area contributed by atoms with Gasteiger partial charge in [0.2, 0.25) is 0 Å². The molecule has 0 aliphatic rings. The number of nitriles is 1. The van der Waals surface area contributed by atoms with Crippen LogP contribution in [0, 0.1) is 11.3 Å². The molecule has 0 radical (unpaired) electrons. The number of carbonyl (C=O) groups excluding carboxylic acids is 1. The lowest BCUT2D eigenvalue weighted by atomic mass is 10.0. The molecular weight excluding hydrogens is 394 g/mol. The molecule has 0 saturated carbocycles. The zero-order valence-corrected chi connectivity index (χ0v) is 18.6. The lowest BCUT2D eigenvalue weighted by molar-refractivity contribution is 0.101. The molecule has 0 aliphatic carbocycles. The number of phenols is 1. The van der Waals surface area contributed by atoms with Crippen LogP contribution in [-0.2, 0) is 19.4 Å². The van der Waals surface area contributed by atoms with Gasteiger partial charge in [-0.2, -0.15) is 10.1 Å². The molecule has 168 valence electrons. The van der Waals surface area contributed by atoms with E-state index in [4.69, 9.17) is 10.00 Å². The van der Waals surface area contributed by atoms with Crippen molar-refractivity contribution in [3.05, 3.63) is 29.1 Å². The van der Waals surface area contributed by atoms with E-state index < -0.39 is 0 Å². The summed E-state index contributed by atoms with van der Waals surface area (Å²) in [6.45, 7) is 4.77. The molecule has 0 aliphatic heterocycles. The van der Waals surface area contributed by atoms with E-state index in [1.807, 2.05) is 6.92 Å². The molecule has 0 spiro atoms. The number of ketones is 1. The molecule has 0 bridgehead atoms. The number of phenolic OH excluding ortho intramolecular Hbond substituents is 1. The number of hydrogen-bond acceptors (Lipinski definition) is 7. The van der Waals surface area contributed by atoms with E-state index in [1.54, 1.807) is 16.9 Å². The number of Topliss-reactive ketones (excluding diaryl/α,β-unsaturated/α-hetero) is 1. The maximum atomic E-state index is 11.6. The van der Waals surface area contributed by atoms with Gasteiger partial charge in [-0.15, -0.1) is 10.2 Å². The highest BCUT2D eigenvalue weighted by Gasteiger charge is 2.15. The van der Waals surface area contributed by atoms with E-state index in [9.17, 15) is 9.90 Å². The number of aryl methyl sites for hydroxylation is 2. The Morgan fingerprint density at radius 3 is 2.71 bits per heavy atom. The second-order valence-corrected chi connectivity index (χ2v) is 7.67. The van der Waals surface area contributed by atoms with E-state index in [2.05, 4.69) is 21.5 Å². The zero-order chi connectivity index (χ0) is 22.5. The Kier molecular flexibility index (Phi) is 10.5. The second kappa shape index (κ2) is 13.4. The number of tetrazole rings is 1. The Balaban J connectivity index is 1.67. The van der Waals surface area contributed by atoms with Gasteiger partial charge in [-0.25, -0.2) is 0 Å². The van der Waals surface area contributed by atoms with Gasteiger partial charge in [-0.1, -0.05) is 26.2 Å². The van der Waals surface area contributed by atoms with Crippen molar-refractivity contribution in [2.24, 2.45) is 0 Å². The number of aromatic nitrogens is 4. The molecule has 8 heteroatoms. The standard InChI is InChI=1S/C23H33N5O3/c1-3-11-20-21(14-13-19(18(2)29)23(20)30)31-17-10-5-4-7-12-22-25-27-28(26-22)16-9-6-8-15-24/h13-14,30H,3-12,16-17H2,1-2H3. The molecule has 0 amide bonds. The van der Waals surface area contributed by atoms with Crippen molar-refractivity contribution >= 4 is 5.78 Å². The summed E-state index contributed by atoms with van der Waals surface area (Å²) in [6.07, 6.45) is 8.65. The van der Waals surface area contributed by atoms with Crippen molar-refractivity contribution in [1.29, 1.82) is 5.26 Å². The van der Waals surface area contributed by atoms with E-state index in [0.717, 1.165) is 62.8 Å². The minimum atomic E-state index is -0.144. The number of ether oxygens (including phenoxy) is 1. The fourth-order valence-corrected chi connectivity index (χ4v) is 3.38. The number of hydrogen-bond donors (Lipinski definition) is 1. The monoisotopic (exact) mass is 427 g/mol. The van der Waals surface area contributed by atoms with E-state index in [1.165, 1.54) is 6.92 Å². The van der Waals surface area contributed by atoms with Gasteiger partial charge in [-0.3, -0.25) is 4.79 Å². The van der Waals surface area contributed by atoms with Gasteiger partial charge < -0.3 is 9.84 Å². The third-order valence-electron chi connectivity index (χ3n) is 5.06. The van der Waals surface area contributed by atoms with E-state index in [-0.39, 0.29) is 11.5 Å². The molecular formula is C23H33N5O3. The first-order chi connectivity index (χ1) is 15.1. The Labute approximate surface area is 184 Å². The van der Waals surface area contributed by atoms with Crippen LogP contribution in [0.1, 0.15) is 87.0 Å². The first kappa shape index (κ1) is 24.3. The summed E-state index contributed by atoms with van der Waals surface area (Å²) in [4.78, 5) is 13.3. The van der Waals surface area contributed by atoms with Crippen LogP contribution in [-0.4, -0.2) is 37.7 Å². The number of nitrogens with zero attached hydrogens (tertiary/aromatic N) is 5. The second-order valence-electron chi connectivity index (χ2n) is 7.67. The highest BCUT2D eigenvalue weighted by Crippen LogP contribution is 2.33. The molecule has 0 fully saturated rings. The normalized spacial score (nSPS) is 10.7. The van der Waals surface area contributed by atoms with Crippen molar-refractivity contribution in [3.8, 4) is 17.6 Å². The van der Waals surface area contributed by atoms with E-state index >= 15 is 0 Å². The van der Waals surface area contributed by atoms with Crippen molar-refractivity contribution in [1.82, 2.24) is 20.2 Å². The van der Waals surface area contributed by atoms with Crippen LogP contribution in [0.4, 0.5) is 0 Å². The summed E-state index contributed by atoms with van der Waals surface area (Å²) in [5, 5.41) is 31.5. The number of carbonyl (C=O) groups is 1. The molecule has 1 aromatic heterocycles. The molecule has 0 unspecified atom stereocenters. The van der Waals surface area contributed by atoms with Gasteiger partial charge in [0.05, 0.1) is 24.8 Å². The summed E-state index contributed by atoms with van der Waals surface area (Å²) >= 11 is 0. The Morgan fingerprint density at radius 1 is 1.16 bits per heavy atom. The third-order valence-corrected chi connectivity index (χ3v) is 5.06. The predicted molar refractivity (Wildman–Crippen MR) is 117 cm³/mol. The molecule has 31 heavy (non-hydrogen) atoms. The Morgan fingerprint density at radius 2 is 1.97 bits per heavy atom. The van der Waals surface area contributed by atoms with Crippen molar-refractivity contribution in [2.45, 2.75) is 84.6 Å². The molecule has 0 atom stereocenters. The zero-order valence-electron chi connectivity index (χ0n) is 18.6. The quantitative estimate of drug-likeness (QED) is 0.331. The smallest absolute Gasteiger partial charge is 0.174 e. The van der Waals surface area contributed by atoms with Crippen LogP contribution in [0.25, 0.3) is 0 Å². The Bertz CT molecular complexity index is 873. The van der Waals surface area contributed by atoms with Crippen LogP contribution in [0.15, 0.2) is 12.1 Å². The lowest BCUT2D eigenvalue weighted by Gasteiger charge is -2.14. The Hall–Kier alpha value is -2.95. The predicted octanol–water partition coefficient (Wildman–Crippen LogP) is 4.41. The van der Waals surface area contributed by atoms with Crippen molar-refractivity contribution in [3.63, 3.8) is 0 Å². The number of aromatic hydroxyl groups is 1. The average molecular weight is 428 g/mol. The third kappa shape index (κ3) is 8.00. The summed E-state index contributed by atoms with van der Waals surface area (Å²) < 4.78 is 5.90.